The normalized spacial score (nSPS) is 16.5. The lowest BCUT2D eigenvalue weighted by atomic mass is 9.83. The molecule has 8 heteroatoms. The Morgan fingerprint density at radius 3 is 2.56 bits per heavy atom. The second-order valence-corrected chi connectivity index (χ2v) is 8.88. The number of rotatable bonds is 11. The maximum absolute atomic E-state index is 12.7. The van der Waals surface area contributed by atoms with Crippen molar-refractivity contribution in [2.75, 3.05) is 31.7 Å². The van der Waals surface area contributed by atoms with Gasteiger partial charge in [-0.2, -0.15) is 0 Å². The number of hydrogen-bond acceptors (Lipinski definition) is 7. The standard InChI is InChI=1S/C28H36N2O6/c1-5-30(6-2)22-11-12-23-19(3)24(27(32)36-25(23)17-22)14-15-35-28(33)29-18-21-9-7-8-20(16-21)10-13-26(31)34-4/h7-9,11-12,16-17,19,24H,5-6,10,13-15,18H2,1-4H3,(H,29,33). The fourth-order valence-corrected chi connectivity index (χ4v) is 4.49. The molecular formula is C28H36N2O6. The van der Waals surface area contributed by atoms with E-state index in [1.54, 1.807) is 0 Å². The van der Waals surface area contributed by atoms with Crippen LogP contribution in [0.3, 0.4) is 0 Å². The van der Waals surface area contributed by atoms with Gasteiger partial charge in [0.15, 0.2) is 0 Å². The van der Waals surface area contributed by atoms with Gasteiger partial charge in [-0.3, -0.25) is 9.59 Å². The third-order valence-electron chi connectivity index (χ3n) is 6.67. The Morgan fingerprint density at radius 1 is 1.08 bits per heavy atom. The van der Waals surface area contributed by atoms with Gasteiger partial charge < -0.3 is 24.4 Å². The van der Waals surface area contributed by atoms with E-state index in [9.17, 15) is 14.4 Å². The molecule has 3 rings (SSSR count). The van der Waals surface area contributed by atoms with Crippen LogP contribution in [-0.2, 0) is 32.0 Å². The first-order valence-electron chi connectivity index (χ1n) is 12.5. The van der Waals surface area contributed by atoms with E-state index >= 15 is 0 Å². The molecule has 0 fully saturated rings. The average Bonchev–Trinajstić information content (AvgIpc) is 2.88. The van der Waals surface area contributed by atoms with Crippen LogP contribution in [0.25, 0.3) is 0 Å². The minimum Gasteiger partial charge on any atom is -0.469 e. The van der Waals surface area contributed by atoms with Crippen molar-refractivity contribution in [3.05, 3.63) is 59.2 Å². The number of aryl methyl sites for hydroxylation is 1. The summed E-state index contributed by atoms with van der Waals surface area (Å²) in [7, 11) is 1.37. The highest BCUT2D eigenvalue weighted by atomic mass is 16.6. The largest absolute Gasteiger partial charge is 0.469 e. The third-order valence-corrected chi connectivity index (χ3v) is 6.67. The van der Waals surface area contributed by atoms with Crippen LogP contribution < -0.4 is 15.0 Å². The van der Waals surface area contributed by atoms with Crippen molar-refractivity contribution in [2.45, 2.75) is 52.5 Å². The van der Waals surface area contributed by atoms with Crippen molar-refractivity contribution in [3.63, 3.8) is 0 Å². The molecule has 2 aromatic carbocycles. The fraction of sp³-hybridized carbons (Fsp3) is 0.464. The van der Waals surface area contributed by atoms with Crippen molar-refractivity contribution in [1.82, 2.24) is 5.32 Å². The van der Waals surface area contributed by atoms with Gasteiger partial charge in [-0.05, 0) is 55.4 Å². The zero-order chi connectivity index (χ0) is 26.1. The Balaban J connectivity index is 1.48. The van der Waals surface area contributed by atoms with Crippen LogP contribution in [0.2, 0.25) is 0 Å². The van der Waals surface area contributed by atoms with E-state index in [1.807, 2.05) is 43.3 Å². The summed E-state index contributed by atoms with van der Waals surface area (Å²) >= 11 is 0. The lowest BCUT2D eigenvalue weighted by Gasteiger charge is -2.31. The molecule has 1 N–H and O–H groups in total. The smallest absolute Gasteiger partial charge is 0.407 e. The Bertz CT molecular complexity index is 1070. The zero-order valence-electron chi connectivity index (χ0n) is 21.5. The van der Waals surface area contributed by atoms with Crippen molar-refractivity contribution in [2.24, 2.45) is 5.92 Å². The first-order valence-corrected chi connectivity index (χ1v) is 12.5. The van der Waals surface area contributed by atoms with E-state index in [1.165, 1.54) is 7.11 Å². The number of carbonyl (C=O) groups is 3. The first kappa shape index (κ1) is 27.0. The molecule has 0 saturated carbocycles. The summed E-state index contributed by atoms with van der Waals surface area (Å²) in [6.07, 6.45) is 0.712. The Hall–Kier alpha value is -3.55. The van der Waals surface area contributed by atoms with Gasteiger partial charge in [0, 0.05) is 37.8 Å². The van der Waals surface area contributed by atoms with Crippen molar-refractivity contribution >= 4 is 23.7 Å². The van der Waals surface area contributed by atoms with Crippen LogP contribution >= 0.6 is 0 Å². The van der Waals surface area contributed by atoms with Gasteiger partial charge in [-0.1, -0.05) is 37.3 Å². The summed E-state index contributed by atoms with van der Waals surface area (Å²) in [4.78, 5) is 38.4. The lowest BCUT2D eigenvalue weighted by molar-refractivity contribution is -0.142. The van der Waals surface area contributed by atoms with Crippen LogP contribution in [0, 0.1) is 5.92 Å². The van der Waals surface area contributed by atoms with Gasteiger partial charge in [0.1, 0.15) is 5.75 Å². The Kier molecular flexibility index (Phi) is 9.73. The van der Waals surface area contributed by atoms with Crippen LogP contribution in [0.5, 0.6) is 5.75 Å². The molecule has 1 aliphatic rings. The van der Waals surface area contributed by atoms with E-state index in [-0.39, 0.29) is 30.4 Å². The molecule has 1 aliphatic heterocycles. The van der Waals surface area contributed by atoms with Gasteiger partial charge in [0.05, 0.1) is 19.6 Å². The minimum atomic E-state index is -0.545. The first-order chi connectivity index (χ1) is 17.4. The molecule has 0 bridgehead atoms. The van der Waals surface area contributed by atoms with Crippen molar-refractivity contribution < 1.29 is 28.6 Å². The molecule has 0 saturated heterocycles. The number of amides is 1. The van der Waals surface area contributed by atoms with E-state index in [4.69, 9.17) is 9.47 Å². The van der Waals surface area contributed by atoms with Crippen molar-refractivity contribution in [1.29, 1.82) is 0 Å². The predicted molar refractivity (Wildman–Crippen MR) is 137 cm³/mol. The number of alkyl carbamates (subject to hydrolysis) is 1. The Labute approximate surface area is 212 Å². The number of anilines is 1. The summed E-state index contributed by atoms with van der Waals surface area (Å²) in [5.74, 6) is -0.353. The number of fused-ring (bicyclic) bond motifs is 1. The lowest BCUT2D eigenvalue weighted by Crippen LogP contribution is -2.32. The number of benzene rings is 2. The van der Waals surface area contributed by atoms with Gasteiger partial charge in [-0.25, -0.2) is 4.79 Å². The van der Waals surface area contributed by atoms with Gasteiger partial charge >= 0.3 is 18.0 Å². The number of ether oxygens (including phenoxy) is 3. The van der Waals surface area contributed by atoms with Gasteiger partial charge in [-0.15, -0.1) is 0 Å². The fourth-order valence-electron chi connectivity index (χ4n) is 4.49. The molecule has 2 unspecified atom stereocenters. The van der Waals surface area contributed by atoms with E-state index < -0.39 is 6.09 Å². The molecule has 0 radical (unpaired) electrons. The third kappa shape index (κ3) is 6.99. The highest BCUT2D eigenvalue weighted by Gasteiger charge is 2.35. The van der Waals surface area contributed by atoms with Crippen LogP contribution in [0.4, 0.5) is 10.5 Å². The van der Waals surface area contributed by atoms with E-state index in [0.717, 1.165) is 35.5 Å². The molecule has 36 heavy (non-hydrogen) atoms. The average molecular weight is 497 g/mol. The number of esters is 2. The second-order valence-electron chi connectivity index (χ2n) is 8.88. The molecular weight excluding hydrogens is 460 g/mol. The highest BCUT2D eigenvalue weighted by molar-refractivity contribution is 5.80. The molecule has 2 atom stereocenters. The summed E-state index contributed by atoms with van der Waals surface area (Å²) < 4.78 is 15.7. The number of carbonyl (C=O) groups excluding carboxylic acids is 3. The van der Waals surface area contributed by atoms with Crippen molar-refractivity contribution in [3.8, 4) is 5.75 Å². The summed E-state index contributed by atoms with van der Waals surface area (Å²) in [5, 5.41) is 2.73. The predicted octanol–water partition coefficient (Wildman–Crippen LogP) is 4.59. The molecule has 1 heterocycles. The summed E-state index contributed by atoms with van der Waals surface area (Å²) in [6, 6.07) is 13.7. The van der Waals surface area contributed by atoms with Crippen LogP contribution in [0.15, 0.2) is 42.5 Å². The minimum absolute atomic E-state index is 0.0357. The topological polar surface area (TPSA) is 94.2 Å². The zero-order valence-corrected chi connectivity index (χ0v) is 21.5. The molecule has 2 aromatic rings. The molecule has 0 aromatic heterocycles. The molecule has 1 amide bonds. The molecule has 8 nitrogen and oxygen atoms in total. The maximum Gasteiger partial charge on any atom is 0.407 e. The van der Waals surface area contributed by atoms with E-state index in [0.29, 0.717) is 31.6 Å². The van der Waals surface area contributed by atoms with Crippen LogP contribution in [-0.4, -0.2) is 44.8 Å². The molecule has 194 valence electrons. The number of nitrogens with one attached hydrogen (secondary N) is 1. The molecule has 0 aliphatic carbocycles. The highest BCUT2D eigenvalue weighted by Crippen LogP contribution is 2.40. The van der Waals surface area contributed by atoms with Crippen LogP contribution in [0.1, 0.15) is 56.2 Å². The number of nitrogens with zero attached hydrogens (tertiary/aromatic N) is 1. The monoisotopic (exact) mass is 496 g/mol. The quantitative estimate of drug-likeness (QED) is 0.359. The SMILES string of the molecule is CCN(CC)c1ccc2c(c1)OC(=O)C(CCOC(=O)NCc1cccc(CCC(=O)OC)c1)C2C. The van der Waals surface area contributed by atoms with E-state index in [2.05, 4.69) is 34.9 Å². The molecule has 0 spiro atoms. The second kappa shape index (κ2) is 13.0. The number of methoxy groups -OCH3 is 1. The van der Waals surface area contributed by atoms with Gasteiger partial charge in [0.2, 0.25) is 0 Å². The summed E-state index contributed by atoms with van der Waals surface area (Å²) in [6.45, 7) is 8.36. The van der Waals surface area contributed by atoms with Gasteiger partial charge in [0.25, 0.3) is 0 Å². The Morgan fingerprint density at radius 2 is 1.83 bits per heavy atom. The summed E-state index contributed by atoms with van der Waals surface area (Å²) in [5.41, 5.74) is 3.92. The maximum atomic E-state index is 12.7. The number of hydrogen-bond donors (Lipinski definition) is 1.